The predicted molar refractivity (Wildman–Crippen MR) is 141 cm³/mol. The summed E-state index contributed by atoms with van der Waals surface area (Å²) < 4.78 is 10.7. The van der Waals surface area contributed by atoms with E-state index in [1.54, 1.807) is 14.2 Å². The van der Waals surface area contributed by atoms with E-state index in [2.05, 4.69) is 16.0 Å². The van der Waals surface area contributed by atoms with Crippen LogP contribution in [0.1, 0.15) is 13.3 Å². The molecule has 6 nitrogen and oxygen atoms in total. The highest BCUT2D eigenvalue weighted by atomic mass is 32.2. The average Bonchev–Trinajstić information content (AvgIpc) is 2.83. The van der Waals surface area contributed by atoms with E-state index in [0.717, 1.165) is 16.3 Å². The number of benzene rings is 3. The Morgan fingerprint density at radius 3 is 2.09 bits per heavy atom. The van der Waals surface area contributed by atoms with Crippen molar-refractivity contribution in [3.8, 4) is 11.5 Å². The van der Waals surface area contributed by atoms with E-state index in [1.807, 2.05) is 79.7 Å². The Kier molecular flexibility index (Phi) is 8.97. The van der Waals surface area contributed by atoms with E-state index in [0.29, 0.717) is 28.7 Å². The van der Waals surface area contributed by atoms with Crippen LogP contribution >= 0.6 is 24.0 Å². The fourth-order valence-electron chi connectivity index (χ4n) is 3.13. The van der Waals surface area contributed by atoms with Gasteiger partial charge in [0.15, 0.2) is 5.11 Å². The minimum Gasteiger partial charge on any atom is -0.495 e. The molecule has 8 heteroatoms. The molecule has 3 aromatic rings. The Hall–Kier alpha value is -3.23. The molecule has 1 amide bonds. The number of methoxy groups -OCH3 is 2. The van der Waals surface area contributed by atoms with E-state index in [1.165, 1.54) is 11.8 Å². The number of nitrogens with one attached hydrogen (secondary N) is 3. The largest absolute Gasteiger partial charge is 0.495 e. The molecule has 0 saturated heterocycles. The quantitative estimate of drug-likeness (QED) is 0.255. The minimum atomic E-state index is -0.260. The molecule has 1 atom stereocenters. The first-order valence-corrected chi connectivity index (χ1v) is 11.7. The number of carbonyl (C=O) groups excluding carboxylic acids is 1. The molecule has 0 aliphatic heterocycles. The fraction of sp³-hybridized carbons (Fsp3) is 0.200. The number of thiocarbonyl (C=S) groups is 1. The van der Waals surface area contributed by atoms with Crippen molar-refractivity contribution < 1.29 is 14.3 Å². The van der Waals surface area contributed by atoms with Crippen LogP contribution in [0, 0.1) is 0 Å². The van der Waals surface area contributed by atoms with Gasteiger partial charge < -0.3 is 25.4 Å². The second-order valence-corrected chi connectivity index (χ2v) is 8.70. The zero-order chi connectivity index (χ0) is 23.6. The Morgan fingerprint density at radius 2 is 1.48 bits per heavy atom. The first-order valence-electron chi connectivity index (χ1n) is 10.5. The number of para-hydroxylation sites is 4. The molecular weight excluding hydrogens is 454 g/mol. The van der Waals surface area contributed by atoms with Gasteiger partial charge >= 0.3 is 0 Å². The van der Waals surface area contributed by atoms with Gasteiger partial charge in [0.25, 0.3) is 0 Å². The van der Waals surface area contributed by atoms with E-state index in [-0.39, 0.29) is 11.2 Å². The molecule has 0 aromatic heterocycles. The standard InChI is InChI=1S/C25H27N3O3S2/c1-4-23(24(29)27-19-12-5-7-14-21(19)30-2)33-18-11-9-10-17(16-18)26-25(32)28-20-13-6-8-15-22(20)31-3/h5-16,23H,4H2,1-3H3,(H,27,29)(H2,26,28,32). The van der Waals surface area contributed by atoms with Crippen LogP contribution in [0.4, 0.5) is 17.1 Å². The second-order valence-electron chi connectivity index (χ2n) is 7.01. The minimum absolute atomic E-state index is 0.0706. The molecule has 1 unspecified atom stereocenters. The fourth-order valence-corrected chi connectivity index (χ4v) is 4.37. The van der Waals surface area contributed by atoms with Crippen LogP contribution in [-0.4, -0.2) is 30.5 Å². The molecule has 0 bridgehead atoms. The normalized spacial score (nSPS) is 11.2. The number of hydrogen-bond acceptors (Lipinski definition) is 5. The summed E-state index contributed by atoms with van der Waals surface area (Å²) in [5.41, 5.74) is 2.27. The van der Waals surface area contributed by atoms with Crippen molar-refractivity contribution in [3.63, 3.8) is 0 Å². The van der Waals surface area contributed by atoms with Crippen LogP contribution in [0.2, 0.25) is 0 Å². The lowest BCUT2D eigenvalue weighted by molar-refractivity contribution is -0.115. The lowest BCUT2D eigenvalue weighted by Crippen LogP contribution is -2.24. The van der Waals surface area contributed by atoms with Gasteiger partial charge in [-0.3, -0.25) is 4.79 Å². The summed E-state index contributed by atoms with van der Waals surface area (Å²) in [6.45, 7) is 1.99. The van der Waals surface area contributed by atoms with Crippen LogP contribution in [0.25, 0.3) is 0 Å². The van der Waals surface area contributed by atoms with E-state index in [9.17, 15) is 4.79 Å². The van der Waals surface area contributed by atoms with Crippen LogP contribution in [0.3, 0.4) is 0 Å². The van der Waals surface area contributed by atoms with Crippen molar-refractivity contribution in [3.05, 3.63) is 72.8 Å². The number of hydrogen-bond donors (Lipinski definition) is 3. The first-order chi connectivity index (χ1) is 16.0. The van der Waals surface area contributed by atoms with E-state index in [4.69, 9.17) is 21.7 Å². The van der Waals surface area contributed by atoms with Gasteiger partial charge in [-0.05, 0) is 61.1 Å². The van der Waals surface area contributed by atoms with Gasteiger partial charge in [0.05, 0.1) is 30.8 Å². The number of anilines is 3. The van der Waals surface area contributed by atoms with Crippen LogP contribution in [-0.2, 0) is 4.79 Å². The first kappa shape index (κ1) is 24.4. The Morgan fingerprint density at radius 1 is 0.879 bits per heavy atom. The number of rotatable bonds is 9. The third-order valence-corrected chi connectivity index (χ3v) is 6.32. The van der Waals surface area contributed by atoms with Gasteiger partial charge in [-0.2, -0.15) is 0 Å². The van der Waals surface area contributed by atoms with Gasteiger partial charge in [0.1, 0.15) is 11.5 Å². The van der Waals surface area contributed by atoms with Gasteiger partial charge in [-0.1, -0.05) is 37.3 Å². The molecule has 0 fully saturated rings. The summed E-state index contributed by atoms with van der Waals surface area (Å²) in [5.74, 6) is 1.27. The molecule has 172 valence electrons. The number of amides is 1. The molecule has 0 aliphatic carbocycles. The molecule has 0 radical (unpaired) electrons. The maximum Gasteiger partial charge on any atom is 0.237 e. The summed E-state index contributed by atoms with van der Waals surface area (Å²) >= 11 is 6.96. The van der Waals surface area contributed by atoms with Crippen molar-refractivity contribution >= 4 is 52.1 Å². The topological polar surface area (TPSA) is 71.6 Å². The lowest BCUT2D eigenvalue weighted by atomic mass is 10.2. The summed E-state index contributed by atoms with van der Waals surface area (Å²) in [6.07, 6.45) is 0.678. The molecule has 3 rings (SSSR count). The molecule has 0 heterocycles. The average molecular weight is 482 g/mol. The van der Waals surface area contributed by atoms with Crippen molar-refractivity contribution in [1.29, 1.82) is 0 Å². The summed E-state index contributed by atoms with van der Waals surface area (Å²) in [4.78, 5) is 13.9. The number of thioether (sulfide) groups is 1. The lowest BCUT2D eigenvalue weighted by Gasteiger charge is -2.17. The third-order valence-electron chi connectivity index (χ3n) is 4.75. The van der Waals surface area contributed by atoms with Crippen molar-refractivity contribution in [2.24, 2.45) is 0 Å². The molecule has 0 aliphatic rings. The van der Waals surface area contributed by atoms with Crippen LogP contribution in [0.5, 0.6) is 11.5 Å². The maximum atomic E-state index is 12.9. The zero-order valence-electron chi connectivity index (χ0n) is 18.8. The Balaban J connectivity index is 1.64. The summed E-state index contributed by atoms with van der Waals surface area (Å²) in [6, 6.07) is 22.8. The highest BCUT2D eigenvalue weighted by Gasteiger charge is 2.19. The Labute approximate surface area is 204 Å². The molecular formula is C25H27N3O3S2. The molecule has 0 saturated carbocycles. The van der Waals surface area contributed by atoms with Crippen molar-refractivity contribution in [2.75, 3.05) is 30.2 Å². The van der Waals surface area contributed by atoms with Crippen molar-refractivity contribution in [1.82, 2.24) is 0 Å². The van der Waals surface area contributed by atoms with Crippen LogP contribution in [0.15, 0.2) is 77.7 Å². The van der Waals surface area contributed by atoms with Gasteiger partial charge in [-0.15, -0.1) is 11.8 Å². The number of ether oxygens (including phenoxy) is 2. The molecule has 3 N–H and O–H groups in total. The smallest absolute Gasteiger partial charge is 0.237 e. The summed E-state index contributed by atoms with van der Waals surface area (Å²) in [7, 11) is 3.20. The highest BCUT2D eigenvalue weighted by molar-refractivity contribution is 8.00. The predicted octanol–water partition coefficient (Wildman–Crippen LogP) is 6.02. The number of carbonyl (C=O) groups is 1. The monoisotopic (exact) mass is 481 g/mol. The molecule has 3 aromatic carbocycles. The maximum absolute atomic E-state index is 12.9. The van der Waals surface area contributed by atoms with Crippen molar-refractivity contribution in [2.45, 2.75) is 23.5 Å². The van der Waals surface area contributed by atoms with Gasteiger partial charge in [0.2, 0.25) is 5.91 Å². The Bertz CT molecular complexity index is 1110. The zero-order valence-corrected chi connectivity index (χ0v) is 20.4. The third kappa shape index (κ3) is 6.87. The van der Waals surface area contributed by atoms with Crippen LogP contribution < -0.4 is 25.4 Å². The SMILES string of the molecule is CCC(Sc1cccc(NC(=S)Nc2ccccc2OC)c1)C(=O)Nc1ccccc1OC. The highest BCUT2D eigenvalue weighted by Crippen LogP contribution is 2.30. The van der Waals surface area contributed by atoms with Gasteiger partial charge in [-0.25, -0.2) is 0 Å². The summed E-state index contributed by atoms with van der Waals surface area (Å²) in [5, 5.41) is 9.50. The molecule has 33 heavy (non-hydrogen) atoms. The second kappa shape index (κ2) is 12.1. The van der Waals surface area contributed by atoms with Gasteiger partial charge in [0, 0.05) is 10.6 Å². The molecule has 0 spiro atoms. The van der Waals surface area contributed by atoms with E-state index >= 15 is 0 Å². The van der Waals surface area contributed by atoms with E-state index < -0.39 is 0 Å².